The van der Waals surface area contributed by atoms with Crippen LogP contribution in [0.15, 0.2) is 54.7 Å². The summed E-state index contributed by atoms with van der Waals surface area (Å²) >= 11 is 6.24. The van der Waals surface area contributed by atoms with Gasteiger partial charge >= 0.3 is 6.03 Å². The maximum atomic E-state index is 12.6. The van der Waals surface area contributed by atoms with Gasteiger partial charge in [0.25, 0.3) is 0 Å². The average Bonchev–Trinajstić information content (AvgIpc) is 2.84. The van der Waals surface area contributed by atoms with Crippen molar-refractivity contribution in [3.05, 3.63) is 76.4 Å². The lowest BCUT2D eigenvalue weighted by Crippen LogP contribution is -2.51. The van der Waals surface area contributed by atoms with Gasteiger partial charge in [-0.3, -0.25) is 19.5 Å². The largest absolute Gasteiger partial charge is 0.396 e. The molecule has 2 aromatic carbocycles. The Morgan fingerprint density at radius 2 is 1.94 bits per heavy atom. The van der Waals surface area contributed by atoms with Crippen LogP contribution in [0.2, 0.25) is 5.02 Å². The van der Waals surface area contributed by atoms with E-state index in [1.54, 1.807) is 12.3 Å². The smallest absolute Gasteiger partial charge is 0.345 e. The Balaban J connectivity index is 1.57. The van der Waals surface area contributed by atoms with Gasteiger partial charge in [0.05, 0.1) is 19.2 Å². The van der Waals surface area contributed by atoms with Crippen molar-refractivity contribution in [2.75, 3.05) is 13.2 Å². The van der Waals surface area contributed by atoms with E-state index in [2.05, 4.69) is 10.9 Å². The molecule has 0 fully saturated rings. The van der Waals surface area contributed by atoms with Crippen LogP contribution in [0.4, 0.5) is 4.79 Å². The molecule has 0 radical (unpaired) electrons. The Morgan fingerprint density at radius 1 is 1.18 bits per heavy atom. The predicted octanol–water partition coefficient (Wildman–Crippen LogP) is 3.85. The van der Waals surface area contributed by atoms with Crippen LogP contribution >= 0.6 is 11.6 Å². The Bertz CT molecular complexity index is 1000. The minimum atomic E-state index is -0.390. The summed E-state index contributed by atoms with van der Waals surface area (Å²) in [6, 6.07) is 14.5. The number of halogens is 1. The van der Waals surface area contributed by atoms with Crippen molar-refractivity contribution in [1.29, 1.82) is 0 Å². The van der Waals surface area contributed by atoms with E-state index in [1.807, 2.05) is 48.5 Å². The first kappa shape index (κ1) is 25.7. The van der Waals surface area contributed by atoms with Gasteiger partial charge in [-0.2, -0.15) is 0 Å². The topological polar surface area (TPSA) is 94.1 Å². The molecule has 2 aromatic rings. The van der Waals surface area contributed by atoms with Gasteiger partial charge in [-0.15, -0.1) is 0 Å². The summed E-state index contributed by atoms with van der Waals surface area (Å²) in [7, 11) is 0. The molecule has 0 saturated carbocycles. The van der Waals surface area contributed by atoms with Crippen LogP contribution in [0.3, 0.4) is 0 Å². The lowest BCUT2D eigenvalue weighted by atomic mass is 10.0. The van der Waals surface area contributed by atoms with Gasteiger partial charge in [-0.25, -0.2) is 15.7 Å². The standard InChI is InChI=1S/C25H31ClN4O4/c1-19(32)30(27-16-21-9-4-5-12-24(21)26)23(11-6-7-15-31)18-34-28-25(33)29-14-13-20-8-2-3-10-22(20)17-29/h2-5,8-10,12-14,23,27,31H,6-7,11,15-18H2,1H3,(H,28,33)/t23-/m1/s1. The Kier molecular flexibility index (Phi) is 9.90. The molecule has 0 unspecified atom stereocenters. The second-order valence-corrected chi connectivity index (χ2v) is 8.46. The molecule has 0 aliphatic carbocycles. The molecular formula is C25H31ClN4O4. The van der Waals surface area contributed by atoms with E-state index < -0.39 is 6.03 Å². The van der Waals surface area contributed by atoms with Crippen LogP contribution in [0, 0.1) is 0 Å². The zero-order chi connectivity index (χ0) is 24.3. The number of hydroxylamine groups is 1. The molecule has 9 heteroatoms. The van der Waals surface area contributed by atoms with Crippen LogP contribution in [-0.4, -0.2) is 46.2 Å². The number of urea groups is 1. The molecule has 0 saturated heterocycles. The summed E-state index contributed by atoms with van der Waals surface area (Å²) in [5.41, 5.74) is 8.61. The van der Waals surface area contributed by atoms with Gasteiger partial charge in [0.15, 0.2) is 0 Å². The predicted molar refractivity (Wildman–Crippen MR) is 131 cm³/mol. The number of hydrogen-bond donors (Lipinski definition) is 3. The van der Waals surface area contributed by atoms with Gasteiger partial charge < -0.3 is 5.11 Å². The van der Waals surface area contributed by atoms with Gasteiger partial charge in [0, 0.05) is 31.3 Å². The van der Waals surface area contributed by atoms with Crippen molar-refractivity contribution in [3.63, 3.8) is 0 Å². The summed E-state index contributed by atoms with van der Waals surface area (Å²) < 4.78 is 0. The van der Waals surface area contributed by atoms with E-state index in [1.165, 1.54) is 16.8 Å². The molecule has 1 heterocycles. The second-order valence-electron chi connectivity index (χ2n) is 8.05. The molecule has 34 heavy (non-hydrogen) atoms. The maximum absolute atomic E-state index is 12.6. The third-order valence-electron chi connectivity index (χ3n) is 5.57. The summed E-state index contributed by atoms with van der Waals surface area (Å²) in [4.78, 5) is 32.1. The van der Waals surface area contributed by atoms with Crippen LogP contribution in [-0.2, 0) is 22.7 Å². The second kappa shape index (κ2) is 13.1. The number of aliphatic hydroxyl groups is 1. The van der Waals surface area contributed by atoms with E-state index in [0.29, 0.717) is 37.4 Å². The molecule has 3 N–H and O–H groups in total. The first-order valence-electron chi connectivity index (χ1n) is 11.3. The highest BCUT2D eigenvalue weighted by Gasteiger charge is 2.23. The van der Waals surface area contributed by atoms with E-state index in [9.17, 15) is 9.59 Å². The number of benzene rings is 2. The molecule has 1 aliphatic rings. The van der Waals surface area contributed by atoms with Crippen LogP contribution in [0.1, 0.15) is 42.9 Å². The van der Waals surface area contributed by atoms with E-state index in [-0.39, 0.29) is 25.2 Å². The van der Waals surface area contributed by atoms with Gasteiger partial charge in [-0.1, -0.05) is 54.1 Å². The fourth-order valence-corrected chi connectivity index (χ4v) is 3.94. The molecule has 0 spiro atoms. The fourth-order valence-electron chi connectivity index (χ4n) is 3.73. The highest BCUT2D eigenvalue weighted by atomic mass is 35.5. The highest BCUT2D eigenvalue weighted by Crippen LogP contribution is 2.19. The lowest BCUT2D eigenvalue weighted by molar-refractivity contribution is -0.138. The third-order valence-corrected chi connectivity index (χ3v) is 5.94. The molecule has 0 aromatic heterocycles. The SMILES string of the molecule is CC(=O)N(NCc1ccccc1Cl)[C@H](CCCCO)CONC(=O)N1C=Cc2ccccc2C1. The lowest BCUT2D eigenvalue weighted by Gasteiger charge is -2.31. The van der Waals surface area contributed by atoms with Crippen molar-refractivity contribution in [2.24, 2.45) is 0 Å². The molecular weight excluding hydrogens is 456 g/mol. The van der Waals surface area contributed by atoms with Gasteiger partial charge in [-0.05, 0) is 48.1 Å². The van der Waals surface area contributed by atoms with Crippen LogP contribution < -0.4 is 10.9 Å². The number of rotatable bonds is 11. The minimum Gasteiger partial charge on any atom is -0.396 e. The van der Waals surface area contributed by atoms with E-state index in [4.69, 9.17) is 21.5 Å². The Hall–Kier alpha value is -2.91. The zero-order valence-corrected chi connectivity index (χ0v) is 20.0. The normalized spacial score (nSPS) is 13.3. The third kappa shape index (κ3) is 7.30. The zero-order valence-electron chi connectivity index (χ0n) is 19.2. The van der Waals surface area contributed by atoms with Crippen LogP contribution in [0.25, 0.3) is 6.08 Å². The number of amides is 3. The number of nitrogens with zero attached hydrogens (tertiary/aromatic N) is 2. The molecule has 1 aliphatic heterocycles. The number of nitrogens with one attached hydrogen (secondary N) is 2. The number of aliphatic hydroxyl groups excluding tert-OH is 1. The number of hydrogen-bond acceptors (Lipinski definition) is 5. The maximum Gasteiger partial charge on any atom is 0.345 e. The van der Waals surface area contributed by atoms with Crippen molar-refractivity contribution in [3.8, 4) is 0 Å². The first-order chi connectivity index (χ1) is 16.5. The Morgan fingerprint density at radius 3 is 2.71 bits per heavy atom. The molecule has 1 atom stereocenters. The van der Waals surface area contributed by atoms with E-state index in [0.717, 1.165) is 16.7 Å². The quantitative estimate of drug-likeness (QED) is 0.331. The molecule has 8 nitrogen and oxygen atoms in total. The van der Waals surface area contributed by atoms with Crippen molar-refractivity contribution in [2.45, 2.75) is 45.3 Å². The number of fused-ring (bicyclic) bond motifs is 1. The average molecular weight is 487 g/mol. The molecule has 182 valence electrons. The fraction of sp³-hybridized carbons (Fsp3) is 0.360. The number of unbranched alkanes of at least 4 members (excludes halogenated alkanes) is 1. The van der Waals surface area contributed by atoms with Crippen LogP contribution in [0.5, 0.6) is 0 Å². The minimum absolute atomic E-state index is 0.0696. The van der Waals surface area contributed by atoms with Crippen molar-refractivity contribution in [1.82, 2.24) is 20.8 Å². The summed E-state index contributed by atoms with van der Waals surface area (Å²) in [6.45, 7) is 2.43. The monoisotopic (exact) mass is 486 g/mol. The molecule has 0 bridgehead atoms. The van der Waals surface area contributed by atoms with Gasteiger partial charge in [0.1, 0.15) is 0 Å². The van der Waals surface area contributed by atoms with Crippen molar-refractivity contribution >= 4 is 29.6 Å². The molecule has 3 rings (SSSR count). The Labute approximate surface area is 205 Å². The summed E-state index contributed by atoms with van der Waals surface area (Å²) in [5.74, 6) is -0.188. The number of hydrazine groups is 1. The summed E-state index contributed by atoms with van der Waals surface area (Å²) in [5, 5.41) is 11.3. The van der Waals surface area contributed by atoms with Crippen molar-refractivity contribution < 1.29 is 19.5 Å². The molecule has 3 amide bonds. The summed E-state index contributed by atoms with van der Waals surface area (Å²) in [6.07, 6.45) is 5.49. The number of carbonyl (C=O) groups excluding carboxylic acids is 2. The first-order valence-corrected chi connectivity index (χ1v) is 11.7. The van der Waals surface area contributed by atoms with Gasteiger partial charge in [0.2, 0.25) is 5.91 Å². The van der Waals surface area contributed by atoms with E-state index >= 15 is 0 Å². The highest BCUT2D eigenvalue weighted by molar-refractivity contribution is 6.31. The number of carbonyl (C=O) groups is 2.